The van der Waals surface area contributed by atoms with Crippen LogP contribution >= 0.6 is 23.2 Å². The minimum atomic E-state index is 0.107. The van der Waals surface area contributed by atoms with Gasteiger partial charge in [-0.2, -0.15) is 0 Å². The molecule has 106 valence electrons. The number of hydrogen-bond acceptors (Lipinski definition) is 1. The maximum absolute atomic E-state index is 6.43. The van der Waals surface area contributed by atoms with E-state index in [9.17, 15) is 0 Å². The van der Waals surface area contributed by atoms with E-state index >= 15 is 0 Å². The van der Waals surface area contributed by atoms with Gasteiger partial charge in [0.2, 0.25) is 0 Å². The zero-order valence-electron chi connectivity index (χ0n) is 12.0. The Hall–Kier alpha value is -0.240. The smallest absolute Gasteiger partial charge is 0.0459 e. The Morgan fingerprint density at radius 1 is 1.11 bits per heavy atom. The molecule has 1 nitrogen and oxygen atoms in total. The van der Waals surface area contributed by atoms with Gasteiger partial charge in [-0.15, -0.1) is 0 Å². The molecule has 0 unspecified atom stereocenters. The van der Waals surface area contributed by atoms with Crippen molar-refractivity contribution in [1.82, 2.24) is 5.32 Å². The Labute approximate surface area is 126 Å². The summed E-state index contributed by atoms with van der Waals surface area (Å²) >= 11 is 12.9. The van der Waals surface area contributed by atoms with E-state index < -0.39 is 0 Å². The van der Waals surface area contributed by atoms with E-state index in [0.717, 1.165) is 22.2 Å². The van der Waals surface area contributed by atoms with Crippen molar-refractivity contribution in [3.8, 4) is 0 Å². The summed E-state index contributed by atoms with van der Waals surface area (Å²) in [4.78, 5) is 0. The van der Waals surface area contributed by atoms with E-state index in [0.29, 0.717) is 5.41 Å². The number of nitrogens with one attached hydrogen (secondary N) is 1. The summed E-state index contributed by atoms with van der Waals surface area (Å²) in [7, 11) is 2.00. The maximum Gasteiger partial charge on any atom is 0.0459 e. The molecule has 2 rings (SSSR count). The first-order chi connectivity index (χ1) is 9.02. The van der Waals surface area contributed by atoms with Gasteiger partial charge in [-0.1, -0.05) is 56.0 Å². The van der Waals surface area contributed by atoms with Crippen molar-refractivity contribution in [2.24, 2.45) is 5.41 Å². The molecule has 1 saturated carbocycles. The highest BCUT2D eigenvalue weighted by Crippen LogP contribution is 2.61. The highest BCUT2D eigenvalue weighted by Gasteiger charge is 2.54. The minimum Gasteiger partial charge on any atom is -0.319 e. The average molecular weight is 300 g/mol. The van der Waals surface area contributed by atoms with Gasteiger partial charge in [0.05, 0.1) is 0 Å². The van der Waals surface area contributed by atoms with Crippen LogP contribution in [0.5, 0.6) is 0 Å². The number of hydrogen-bond donors (Lipinski definition) is 1. The van der Waals surface area contributed by atoms with E-state index in [2.05, 4.69) is 19.2 Å². The summed E-state index contributed by atoms with van der Waals surface area (Å²) in [5, 5.41) is 4.95. The summed E-state index contributed by atoms with van der Waals surface area (Å²) < 4.78 is 0. The normalized spacial score (nSPS) is 20.1. The van der Waals surface area contributed by atoms with E-state index in [1.165, 1.54) is 25.7 Å². The molecule has 0 spiro atoms. The van der Waals surface area contributed by atoms with E-state index in [-0.39, 0.29) is 5.41 Å². The van der Waals surface area contributed by atoms with Crippen LogP contribution in [-0.2, 0) is 5.41 Å². The summed E-state index contributed by atoms with van der Waals surface area (Å²) in [6.45, 7) is 5.53. The van der Waals surface area contributed by atoms with Crippen LogP contribution in [0.15, 0.2) is 18.2 Å². The molecule has 0 saturated heterocycles. The zero-order valence-corrected chi connectivity index (χ0v) is 13.5. The third-order valence-corrected chi connectivity index (χ3v) is 5.56. The van der Waals surface area contributed by atoms with Gasteiger partial charge in [0.25, 0.3) is 0 Å². The summed E-state index contributed by atoms with van der Waals surface area (Å²) in [5.41, 5.74) is 1.72. The standard InChI is InChI=1S/C16H23Cl2N/c1-4-15(5-2)9-16(10-15,11-19-3)14-12(17)7-6-8-13(14)18/h6-8,19H,4-5,9-11H2,1-3H3. The van der Waals surface area contributed by atoms with Crippen LogP contribution in [0.1, 0.15) is 45.1 Å². The Kier molecular flexibility index (Phi) is 4.49. The van der Waals surface area contributed by atoms with E-state index in [1.54, 1.807) is 0 Å². The van der Waals surface area contributed by atoms with Crippen molar-refractivity contribution < 1.29 is 0 Å². The van der Waals surface area contributed by atoms with Crippen LogP contribution in [-0.4, -0.2) is 13.6 Å². The molecule has 0 amide bonds. The molecular formula is C16H23Cl2N. The van der Waals surface area contributed by atoms with Crippen molar-refractivity contribution in [1.29, 1.82) is 0 Å². The number of halogens is 2. The van der Waals surface area contributed by atoms with Crippen LogP contribution in [0.25, 0.3) is 0 Å². The molecule has 3 heteroatoms. The highest BCUT2D eigenvalue weighted by molar-refractivity contribution is 6.36. The van der Waals surface area contributed by atoms with Gasteiger partial charge in [-0.25, -0.2) is 0 Å². The lowest BCUT2D eigenvalue weighted by atomic mass is 9.48. The van der Waals surface area contributed by atoms with Gasteiger partial charge in [0.1, 0.15) is 0 Å². The molecule has 19 heavy (non-hydrogen) atoms. The predicted molar refractivity (Wildman–Crippen MR) is 84.3 cm³/mol. The maximum atomic E-state index is 6.43. The van der Waals surface area contributed by atoms with Crippen LogP contribution in [0.3, 0.4) is 0 Å². The fourth-order valence-electron chi connectivity index (χ4n) is 3.87. The Morgan fingerprint density at radius 2 is 1.63 bits per heavy atom. The Balaban J connectivity index is 2.38. The largest absolute Gasteiger partial charge is 0.319 e. The Bertz CT molecular complexity index is 424. The highest BCUT2D eigenvalue weighted by atomic mass is 35.5. The van der Waals surface area contributed by atoms with E-state index in [4.69, 9.17) is 23.2 Å². The summed E-state index contributed by atoms with van der Waals surface area (Å²) in [6, 6.07) is 5.84. The third-order valence-electron chi connectivity index (χ3n) is 4.94. The topological polar surface area (TPSA) is 12.0 Å². The van der Waals surface area contributed by atoms with Gasteiger partial charge < -0.3 is 5.32 Å². The van der Waals surface area contributed by atoms with Crippen LogP contribution in [0.4, 0.5) is 0 Å². The quantitative estimate of drug-likeness (QED) is 0.802. The molecule has 0 radical (unpaired) electrons. The summed E-state index contributed by atoms with van der Waals surface area (Å²) in [6.07, 6.45) is 4.82. The minimum absolute atomic E-state index is 0.107. The predicted octanol–water partition coefficient (Wildman–Crippen LogP) is 5.05. The molecule has 0 bridgehead atoms. The van der Waals surface area contributed by atoms with Gasteiger partial charge in [-0.3, -0.25) is 0 Å². The first-order valence-electron chi connectivity index (χ1n) is 7.11. The van der Waals surface area contributed by atoms with Gasteiger partial charge in [0, 0.05) is 22.0 Å². The lowest BCUT2D eigenvalue weighted by molar-refractivity contribution is 0.0142. The Morgan fingerprint density at radius 3 is 2.05 bits per heavy atom. The van der Waals surface area contributed by atoms with Crippen LogP contribution in [0, 0.1) is 5.41 Å². The zero-order chi connectivity index (χ0) is 14.1. The van der Waals surface area contributed by atoms with Gasteiger partial charge >= 0.3 is 0 Å². The van der Waals surface area contributed by atoms with Crippen molar-refractivity contribution in [3.05, 3.63) is 33.8 Å². The molecule has 0 atom stereocenters. The summed E-state index contributed by atoms with van der Waals surface area (Å²) in [5.74, 6) is 0. The fourth-order valence-corrected chi connectivity index (χ4v) is 4.67. The lowest BCUT2D eigenvalue weighted by Crippen LogP contribution is -2.54. The number of benzene rings is 1. The molecule has 0 aliphatic heterocycles. The van der Waals surface area contributed by atoms with Gasteiger partial charge in [0.15, 0.2) is 0 Å². The SMILES string of the molecule is CCC1(CC)CC(CNC)(c2c(Cl)cccc2Cl)C1. The number of rotatable bonds is 5. The van der Waals surface area contributed by atoms with Gasteiger partial charge in [-0.05, 0) is 43.0 Å². The molecule has 0 heterocycles. The van der Waals surface area contributed by atoms with Crippen molar-refractivity contribution in [2.45, 2.75) is 44.9 Å². The fraction of sp³-hybridized carbons (Fsp3) is 0.625. The average Bonchev–Trinajstić information content (AvgIpc) is 2.34. The second kappa shape index (κ2) is 5.63. The lowest BCUT2D eigenvalue weighted by Gasteiger charge is -2.57. The molecule has 0 aromatic heterocycles. The third kappa shape index (κ3) is 2.53. The van der Waals surface area contributed by atoms with E-state index in [1.807, 2.05) is 25.2 Å². The van der Waals surface area contributed by atoms with Crippen molar-refractivity contribution >= 4 is 23.2 Å². The van der Waals surface area contributed by atoms with Crippen molar-refractivity contribution in [3.63, 3.8) is 0 Å². The molecule has 1 aliphatic rings. The van der Waals surface area contributed by atoms with Crippen LogP contribution in [0.2, 0.25) is 10.0 Å². The first-order valence-corrected chi connectivity index (χ1v) is 7.87. The number of likely N-dealkylation sites (N-methyl/N-ethyl adjacent to an activating group) is 1. The monoisotopic (exact) mass is 299 g/mol. The molecule has 1 aromatic carbocycles. The second-order valence-electron chi connectivity index (χ2n) is 5.97. The van der Waals surface area contributed by atoms with Crippen LogP contribution < -0.4 is 5.32 Å². The molecular weight excluding hydrogens is 277 g/mol. The van der Waals surface area contributed by atoms with Crippen molar-refractivity contribution in [2.75, 3.05) is 13.6 Å². The second-order valence-corrected chi connectivity index (χ2v) is 6.78. The molecule has 1 fully saturated rings. The molecule has 1 aliphatic carbocycles. The molecule has 1 N–H and O–H groups in total. The first kappa shape index (κ1) is 15.2. The molecule has 1 aromatic rings.